The number of rotatable bonds is 5. The van der Waals surface area contributed by atoms with Crippen LogP contribution < -0.4 is 10.6 Å². The fourth-order valence-electron chi connectivity index (χ4n) is 1.50. The molecule has 0 aromatic heterocycles. The van der Waals surface area contributed by atoms with E-state index >= 15 is 0 Å². The van der Waals surface area contributed by atoms with Crippen molar-refractivity contribution < 1.29 is 4.92 Å². The summed E-state index contributed by atoms with van der Waals surface area (Å²) in [7, 11) is 1.72. The zero-order valence-corrected chi connectivity index (χ0v) is 12.4. The lowest BCUT2D eigenvalue weighted by atomic mass is 10.1. The number of hydrogen-bond donors (Lipinski definition) is 2. The quantitative estimate of drug-likeness (QED) is 0.375. The van der Waals surface area contributed by atoms with E-state index in [-0.39, 0.29) is 5.69 Å². The van der Waals surface area contributed by atoms with Gasteiger partial charge in [-0.2, -0.15) is 0 Å². The van der Waals surface area contributed by atoms with Crippen LogP contribution in [0.1, 0.15) is 26.3 Å². The lowest BCUT2D eigenvalue weighted by Crippen LogP contribution is -2.43. The van der Waals surface area contributed by atoms with Gasteiger partial charge in [0.2, 0.25) is 0 Å². The molecule has 0 saturated heterocycles. The van der Waals surface area contributed by atoms with Crippen LogP contribution in [0.4, 0.5) is 5.69 Å². The van der Waals surface area contributed by atoms with Gasteiger partial charge in [0.05, 0.1) is 4.92 Å². The standard InChI is InChI=1S/C14H22N4O2/c1-10(2)11(3)17-14(15-4)16-9-12-5-7-13(8-6-12)18(19)20/h5-8,10-11H,9H2,1-4H3,(H2,15,16,17). The Kier molecular flexibility index (Phi) is 5.96. The Labute approximate surface area is 119 Å². The van der Waals surface area contributed by atoms with Crippen LogP contribution in [0.15, 0.2) is 29.3 Å². The molecule has 0 heterocycles. The molecule has 0 aliphatic heterocycles. The van der Waals surface area contributed by atoms with Crippen LogP contribution in [-0.4, -0.2) is 24.0 Å². The third-order valence-electron chi connectivity index (χ3n) is 3.20. The van der Waals surface area contributed by atoms with Gasteiger partial charge in [0.25, 0.3) is 5.69 Å². The number of nitrogens with one attached hydrogen (secondary N) is 2. The summed E-state index contributed by atoms with van der Waals surface area (Å²) in [6.45, 7) is 6.95. The molecule has 1 unspecified atom stereocenters. The first kappa shape index (κ1) is 15.9. The van der Waals surface area contributed by atoms with E-state index in [1.54, 1.807) is 19.2 Å². The Morgan fingerprint density at radius 2 is 1.90 bits per heavy atom. The van der Waals surface area contributed by atoms with E-state index in [0.29, 0.717) is 18.5 Å². The van der Waals surface area contributed by atoms with Crippen molar-refractivity contribution in [2.45, 2.75) is 33.4 Å². The summed E-state index contributed by atoms with van der Waals surface area (Å²) in [4.78, 5) is 14.3. The minimum atomic E-state index is -0.401. The summed E-state index contributed by atoms with van der Waals surface area (Å²) < 4.78 is 0. The monoisotopic (exact) mass is 278 g/mol. The predicted octanol–water partition coefficient (Wildman–Crippen LogP) is 2.30. The predicted molar refractivity (Wildman–Crippen MR) is 80.7 cm³/mol. The maximum Gasteiger partial charge on any atom is 0.269 e. The molecule has 0 radical (unpaired) electrons. The molecule has 0 aliphatic rings. The number of guanidine groups is 1. The van der Waals surface area contributed by atoms with Crippen LogP contribution in [-0.2, 0) is 6.54 Å². The van der Waals surface area contributed by atoms with Gasteiger partial charge in [0.1, 0.15) is 0 Å². The number of non-ortho nitro benzene ring substituents is 1. The molecule has 1 aromatic carbocycles. The summed E-state index contributed by atoms with van der Waals surface area (Å²) >= 11 is 0. The van der Waals surface area contributed by atoms with Gasteiger partial charge in [-0.3, -0.25) is 15.1 Å². The normalized spacial score (nSPS) is 13.2. The molecule has 0 bridgehead atoms. The number of hydrogen-bond acceptors (Lipinski definition) is 3. The van der Waals surface area contributed by atoms with Crippen LogP contribution in [0.3, 0.4) is 0 Å². The molecule has 0 amide bonds. The first-order chi connectivity index (χ1) is 9.43. The van der Waals surface area contributed by atoms with Gasteiger partial charge in [-0.1, -0.05) is 26.0 Å². The lowest BCUT2D eigenvalue weighted by Gasteiger charge is -2.20. The first-order valence-electron chi connectivity index (χ1n) is 6.64. The second-order valence-electron chi connectivity index (χ2n) is 5.03. The van der Waals surface area contributed by atoms with E-state index in [9.17, 15) is 10.1 Å². The van der Waals surface area contributed by atoms with Crippen LogP contribution >= 0.6 is 0 Å². The topological polar surface area (TPSA) is 79.6 Å². The fourth-order valence-corrected chi connectivity index (χ4v) is 1.50. The Morgan fingerprint density at radius 1 is 1.30 bits per heavy atom. The average molecular weight is 278 g/mol. The van der Waals surface area contributed by atoms with Gasteiger partial charge in [0, 0.05) is 31.8 Å². The van der Waals surface area contributed by atoms with Crippen molar-refractivity contribution in [3.63, 3.8) is 0 Å². The number of nitro groups is 1. The third kappa shape index (κ3) is 4.87. The van der Waals surface area contributed by atoms with E-state index in [4.69, 9.17) is 0 Å². The Hall–Kier alpha value is -2.11. The average Bonchev–Trinajstić information content (AvgIpc) is 2.43. The van der Waals surface area contributed by atoms with Crippen molar-refractivity contribution >= 4 is 11.6 Å². The highest BCUT2D eigenvalue weighted by molar-refractivity contribution is 5.79. The molecule has 1 aromatic rings. The summed E-state index contributed by atoms with van der Waals surface area (Å²) in [5.41, 5.74) is 1.07. The molecule has 1 rings (SSSR count). The summed E-state index contributed by atoms with van der Waals surface area (Å²) in [5.74, 6) is 1.23. The molecule has 0 fully saturated rings. The van der Waals surface area contributed by atoms with Crippen molar-refractivity contribution in [1.29, 1.82) is 0 Å². The highest BCUT2D eigenvalue weighted by atomic mass is 16.6. The molecule has 6 heteroatoms. The molecule has 20 heavy (non-hydrogen) atoms. The van der Waals surface area contributed by atoms with Crippen molar-refractivity contribution in [3.8, 4) is 0 Å². The summed E-state index contributed by atoms with van der Waals surface area (Å²) in [6.07, 6.45) is 0. The maximum atomic E-state index is 10.6. The largest absolute Gasteiger partial charge is 0.354 e. The molecule has 110 valence electrons. The zero-order chi connectivity index (χ0) is 15.1. The summed E-state index contributed by atoms with van der Waals surface area (Å²) in [5, 5.41) is 17.1. The second-order valence-corrected chi connectivity index (χ2v) is 5.03. The van der Waals surface area contributed by atoms with Crippen molar-refractivity contribution in [1.82, 2.24) is 10.6 Å². The highest BCUT2D eigenvalue weighted by Crippen LogP contribution is 2.11. The van der Waals surface area contributed by atoms with Crippen LogP contribution in [0.5, 0.6) is 0 Å². The third-order valence-corrected chi connectivity index (χ3v) is 3.20. The molecular weight excluding hydrogens is 256 g/mol. The van der Waals surface area contributed by atoms with E-state index in [1.807, 2.05) is 0 Å². The van der Waals surface area contributed by atoms with E-state index in [0.717, 1.165) is 11.5 Å². The molecule has 0 spiro atoms. The molecule has 1 atom stereocenters. The smallest absolute Gasteiger partial charge is 0.269 e. The van der Waals surface area contributed by atoms with Crippen molar-refractivity contribution in [3.05, 3.63) is 39.9 Å². The van der Waals surface area contributed by atoms with Gasteiger partial charge in [-0.25, -0.2) is 0 Å². The SMILES string of the molecule is CN=C(NCc1ccc([N+](=O)[O-])cc1)NC(C)C(C)C. The number of nitro benzene ring substituents is 1. The lowest BCUT2D eigenvalue weighted by molar-refractivity contribution is -0.384. The van der Waals surface area contributed by atoms with Gasteiger partial charge in [-0.15, -0.1) is 0 Å². The van der Waals surface area contributed by atoms with Gasteiger partial charge >= 0.3 is 0 Å². The molecule has 0 saturated carbocycles. The number of aliphatic imine (C=N–C) groups is 1. The van der Waals surface area contributed by atoms with Crippen LogP contribution in [0, 0.1) is 16.0 Å². The fraction of sp³-hybridized carbons (Fsp3) is 0.500. The number of nitrogens with zero attached hydrogens (tertiary/aromatic N) is 2. The Bertz CT molecular complexity index is 469. The molecular formula is C14H22N4O2. The zero-order valence-electron chi connectivity index (χ0n) is 12.4. The van der Waals surface area contributed by atoms with E-state index < -0.39 is 4.92 Å². The molecule has 2 N–H and O–H groups in total. The van der Waals surface area contributed by atoms with E-state index in [1.165, 1.54) is 12.1 Å². The second kappa shape index (κ2) is 7.47. The van der Waals surface area contributed by atoms with Crippen molar-refractivity contribution in [2.75, 3.05) is 7.05 Å². The van der Waals surface area contributed by atoms with E-state index in [2.05, 4.69) is 36.4 Å². The molecule has 0 aliphatic carbocycles. The van der Waals surface area contributed by atoms with Crippen LogP contribution in [0.25, 0.3) is 0 Å². The Morgan fingerprint density at radius 3 is 2.35 bits per heavy atom. The minimum Gasteiger partial charge on any atom is -0.354 e. The highest BCUT2D eigenvalue weighted by Gasteiger charge is 2.09. The van der Waals surface area contributed by atoms with Gasteiger partial charge in [0.15, 0.2) is 5.96 Å². The maximum absolute atomic E-state index is 10.6. The molecule has 6 nitrogen and oxygen atoms in total. The summed E-state index contributed by atoms with van der Waals surface area (Å²) in [6, 6.07) is 6.81. The van der Waals surface area contributed by atoms with Gasteiger partial charge in [-0.05, 0) is 18.4 Å². The number of benzene rings is 1. The van der Waals surface area contributed by atoms with Gasteiger partial charge < -0.3 is 10.6 Å². The minimum absolute atomic E-state index is 0.102. The first-order valence-corrected chi connectivity index (χ1v) is 6.64. The van der Waals surface area contributed by atoms with Crippen LogP contribution in [0.2, 0.25) is 0 Å². The van der Waals surface area contributed by atoms with Crippen molar-refractivity contribution in [2.24, 2.45) is 10.9 Å². The Balaban J connectivity index is 2.54.